The summed E-state index contributed by atoms with van der Waals surface area (Å²) in [6.07, 6.45) is 1.26. The van der Waals surface area contributed by atoms with Crippen LogP contribution in [0.5, 0.6) is 0 Å². The highest BCUT2D eigenvalue weighted by Gasteiger charge is 2.01. The van der Waals surface area contributed by atoms with Crippen LogP contribution in [0.15, 0.2) is 24.3 Å². The molecule has 0 spiro atoms. The summed E-state index contributed by atoms with van der Waals surface area (Å²) in [4.78, 5) is 11.4. The fourth-order valence-electron chi connectivity index (χ4n) is 1.32. The first-order chi connectivity index (χ1) is 8.22. The molecule has 1 aromatic rings. The zero-order valence-corrected chi connectivity index (χ0v) is 11.2. The van der Waals surface area contributed by atoms with Crippen LogP contribution in [0.3, 0.4) is 0 Å². The van der Waals surface area contributed by atoms with Crippen LogP contribution in [0, 0.1) is 6.92 Å². The van der Waals surface area contributed by atoms with E-state index in [2.05, 4.69) is 5.32 Å². The Labute approximate surface area is 104 Å². The molecule has 3 nitrogen and oxygen atoms in total. The largest absolute Gasteiger partial charge is 0.385 e. The van der Waals surface area contributed by atoms with E-state index in [1.165, 1.54) is 0 Å². The Bertz CT molecular complexity index is 324. The first kappa shape index (κ1) is 15.7. The number of amides is 1. The lowest BCUT2D eigenvalue weighted by atomic mass is 10.2. The molecule has 0 saturated heterocycles. The van der Waals surface area contributed by atoms with Gasteiger partial charge in [-0.05, 0) is 31.0 Å². The summed E-state index contributed by atoms with van der Waals surface area (Å²) in [7, 11) is 1.64. The predicted octanol–water partition coefficient (Wildman–Crippen LogP) is 3.39. The van der Waals surface area contributed by atoms with Gasteiger partial charge >= 0.3 is 0 Å². The molecular formula is C14H23NO2. The Morgan fingerprint density at radius 3 is 2.65 bits per heavy atom. The first-order valence-corrected chi connectivity index (χ1v) is 6.08. The number of aryl methyl sites for hydroxylation is 1. The van der Waals surface area contributed by atoms with E-state index in [0.717, 1.165) is 17.7 Å². The second kappa shape index (κ2) is 9.85. The van der Waals surface area contributed by atoms with Crippen molar-refractivity contribution in [3.05, 3.63) is 29.8 Å². The number of anilines is 1. The summed E-state index contributed by atoms with van der Waals surface area (Å²) in [5.74, 6) is 0.0395. The van der Waals surface area contributed by atoms with E-state index in [-0.39, 0.29) is 5.91 Å². The average molecular weight is 237 g/mol. The van der Waals surface area contributed by atoms with Crippen LogP contribution >= 0.6 is 0 Å². The Morgan fingerprint density at radius 2 is 2.06 bits per heavy atom. The molecule has 0 atom stereocenters. The monoisotopic (exact) mass is 237 g/mol. The maximum absolute atomic E-state index is 11.4. The summed E-state index contributed by atoms with van der Waals surface area (Å²) in [5.41, 5.74) is 2.00. The van der Waals surface area contributed by atoms with E-state index < -0.39 is 0 Å². The van der Waals surface area contributed by atoms with Gasteiger partial charge in [0.2, 0.25) is 5.91 Å². The summed E-state index contributed by atoms with van der Waals surface area (Å²) in [5, 5.41) is 2.85. The van der Waals surface area contributed by atoms with Crippen LogP contribution in [-0.4, -0.2) is 19.6 Å². The van der Waals surface area contributed by atoms with Crippen LogP contribution in [0.25, 0.3) is 0 Å². The fourth-order valence-corrected chi connectivity index (χ4v) is 1.32. The molecule has 0 unspecified atom stereocenters. The SMILES string of the molecule is CC.COCCCC(=O)Nc1cccc(C)c1. The first-order valence-electron chi connectivity index (χ1n) is 6.08. The van der Waals surface area contributed by atoms with Crippen molar-refractivity contribution in [2.75, 3.05) is 19.0 Å². The quantitative estimate of drug-likeness (QED) is 0.797. The zero-order chi connectivity index (χ0) is 13.1. The lowest BCUT2D eigenvalue weighted by molar-refractivity contribution is -0.116. The number of methoxy groups -OCH3 is 1. The second-order valence-corrected chi connectivity index (χ2v) is 3.51. The fraction of sp³-hybridized carbons (Fsp3) is 0.500. The molecule has 0 aliphatic heterocycles. The summed E-state index contributed by atoms with van der Waals surface area (Å²) < 4.78 is 4.88. The van der Waals surface area contributed by atoms with Gasteiger partial charge in [-0.1, -0.05) is 26.0 Å². The number of benzene rings is 1. The number of carbonyl (C=O) groups is 1. The minimum Gasteiger partial charge on any atom is -0.385 e. The molecular weight excluding hydrogens is 214 g/mol. The Kier molecular flexibility index (Phi) is 9.06. The lowest BCUT2D eigenvalue weighted by Crippen LogP contribution is -2.11. The van der Waals surface area contributed by atoms with Crippen molar-refractivity contribution >= 4 is 11.6 Å². The third-order valence-corrected chi connectivity index (χ3v) is 2.05. The van der Waals surface area contributed by atoms with Crippen molar-refractivity contribution in [1.82, 2.24) is 0 Å². The normalized spacial score (nSPS) is 9.18. The Morgan fingerprint density at radius 1 is 1.35 bits per heavy atom. The van der Waals surface area contributed by atoms with Gasteiger partial charge in [0.05, 0.1) is 0 Å². The van der Waals surface area contributed by atoms with Gasteiger partial charge in [-0.25, -0.2) is 0 Å². The van der Waals surface area contributed by atoms with Gasteiger partial charge < -0.3 is 10.1 Å². The standard InChI is InChI=1S/C12H17NO2.C2H6/c1-10-5-3-6-11(9-10)13-12(14)7-4-8-15-2;1-2/h3,5-6,9H,4,7-8H2,1-2H3,(H,13,14);1-2H3. The Hall–Kier alpha value is -1.35. The van der Waals surface area contributed by atoms with E-state index in [4.69, 9.17) is 4.74 Å². The molecule has 0 aliphatic rings. The van der Waals surface area contributed by atoms with Gasteiger partial charge in [0.15, 0.2) is 0 Å². The zero-order valence-electron chi connectivity index (χ0n) is 11.2. The van der Waals surface area contributed by atoms with E-state index in [1.54, 1.807) is 7.11 Å². The number of carbonyl (C=O) groups excluding carboxylic acids is 1. The number of rotatable bonds is 5. The van der Waals surface area contributed by atoms with E-state index >= 15 is 0 Å². The van der Waals surface area contributed by atoms with Gasteiger partial charge in [0.25, 0.3) is 0 Å². The molecule has 0 bridgehead atoms. The van der Waals surface area contributed by atoms with Crippen LogP contribution in [-0.2, 0) is 9.53 Å². The molecule has 0 saturated carbocycles. The predicted molar refractivity (Wildman–Crippen MR) is 72.3 cm³/mol. The minimum absolute atomic E-state index is 0.0395. The molecule has 0 aliphatic carbocycles. The number of hydrogen-bond donors (Lipinski definition) is 1. The third-order valence-electron chi connectivity index (χ3n) is 2.05. The molecule has 17 heavy (non-hydrogen) atoms. The molecule has 1 amide bonds. The van der Waals surface area contributed by atoms with Gasteiger partial charge in [0.1, 0.15) is 0 Å². The van der Waals surface area contributed by atoms with Crippen LogP contribution in [0.4, 0.5) is 5.69 Å². The molecule has 0 aromatic heterocycles. The van der Waals surface area contributed by atoms with Gasteiger partial charge in [0, 0.05) is 25.8 Å². The molecule has 96 valence electrons. The third kappa shape index (κ3) is 7.53. The molecule has 1 N–H and O–H groups in total. The molecule has 1 aromatic carbocycles. The Balaban J connectivity index is 0.00000121. The topological polar surface area (TPSA) is 38.3 Å². The highest BCUT2D eigenvalue weighted by Crippen LogP contribution is 2.09. The smallest absolute Gasteiger partial charge is 0.224 e. The number of ether oxygens (including phenoxy) is 1. The second-order valence-electron chi connectivity index (χ2n) is 3.51. The maximum atomic E-state index is 11.4. The number of nitrogens with one attached hydrogen (secondary N) is 1. The minimum atomic E-state index is 0.0395. The molecule has 0 radical (unpaired) electrons. The molecule has 1 rings (SSSR count). The van der Waals surface area contributed by atoms with Crippen molar-refractivity contribution in [2.45, 2.75) is 33.6 Å². The van der Waals surface area contributed by atoms with Crippen LogP contribution in [0.2, 0.25) is 0 Å². The maximum Gasteiger partial charge on any atom is 0.224 e. The van der Waals surface area contributed by atoms with E-state index in [1.807, 2.05) is 45.0 Å². The molecule has 3 heteroatoms. The molecule has 0 fully saturated rings. The van der Waals surface area contributed by atoms with Gasteiger partial charge in [-0.2, -0.15) is 0 Å². The average Bonchev–Trinajstić information content (AvgIpc) is 2.32. The van der Waals surface area contributed by atoms with E-state index in [0.29, 0.717) is 13.0 Å². The highest BCUT2D eigenvalue weighted by molar-refractivity contribution is 5.90. The van der Waals surface area contributed by atoms with Crippen molar-refractivity contribution < 1.29 is 9.53 Å². The molecule has 0 heterocycles. The van der Waals surface area contributed by atoms with Crippen LogP contribution < -0.4 is 5.32 Å². The lowest BCUT2D eigenvalue weighted by Gasteiger charge is -2.05. The van der Waals surface area contributed by atoms with Crippen LogP contribution in [0.1, 0.15) is 32.3 Å². The van der Waals surface area contributed by atoms with Crippen molar-refractivity contribution in [1.29, 1.82) is 0 Å². The number of hydrogen-bond acceptors (Lipinski definition) is 2. The van der Waals surface area contributed by atoms with Crippen molar-refractivity contribution in [2.24, 2.45) is 0 Å². The summed E-state index contributed by atoms with van der Waals surface area (Å²) in [6.45, 7) is 6.63. The van der Waals surface area contributed by atoms with Crippen molar-refractivity contribution in [3.8, 4) is 0 Å². The van der Waals surface area contributed by atoms with Gasteiger partial charge in [-0.15, -0.1) is 0 Å². The van der Waals surface area contributed by atoms with Crippen molar-refractivity contribution in [3.63, 3.8) is 0 Å². The highest BCUT2D eigenvalue weighted by atomic mass is 16.5. The summed E-state index contributed by atoms with van der Waals surface area (Å²) in [6, 6.07) is 7.77. The summed E-state index contributed by atoms with van der Waals surface area (Å²) >= 11 is 0. The van der Waals surface area contributed by atoms with Gasteiger partial charge in [-0.3, -0.25) is 4.79 Å². The van der Waals surface area contributed by atoms with E-state index in [9.17, 15) is 4.79 Å².